The number of carbonyl (C=O) groups is 1. The topological polar surface area (TPSA) is 117 Å². The molecule has 3 rings (SSSR count). The molecule has 1 amide bonds. The molecule has 3 aromatic rings. The average Bonchev–Trinajstić information content (AvgIpc) is 3.29. The number of carbonyl (C=O) groups excluding carboxylic acids is 1. The maximum atomic E-state index is 12.5. The Labute approximate surface area is 164 Å². The lowest BCUT2D eigenvalue weighted by Crippen LogP contribution is -2.24. The molecular formula is C17H17ClN6O4. The van der Waals surface area contributed by atoms with Gasteiger partial charge >= 0.3 is 11.6 Å². The fraction of sp³-hybridized carbons (Fsp3) is 0.235. The smallest absolute Gasteiger partial charge is 0.350 e. The minimum absolute atomic E-state index is 0.156. The van der Waals surface area contributed by atoms with Crippen molar-refractivity contribution in [2.24, 2.45) is 0 Å². The van der Waals surface area contributed by atoms with Crippen LogP contribution >= 0.6 is 11.6 Å². The number of hydrogen-bond donors (Lipinski definition) is 1. The summed E-state index contributed by atoms with van der Waals surface area (Å²) in [5, 5.41) is 22.6. The lowest BCUT2D eigenvalue weighted by molar-refractivity contribution is -0.385. The van der Waals surface area contributed by atoms with Crippen molar-refractivity contribution in [1.29, 1.82) is 0 Å². The molecule has 0 aliphatic heterocycles. The van der Waals surface area contributed by atoms with E-state index in [9.17, 15) is 14.9 Å². The number of hydrogen-bond acceptors (Lipinski definition) is 6. The van der Waals surface area contributed by atoms with Crippen LogP contribution in [0.1, 0.15) is 18.5 Å². The standard InChI is InChI=1S/C17H17ClN6O4/c1-11(23-10-14(24(26)27)17(21-23)28-2)16(25)19-15-7-8-22(20-15)9-12-3-5-13(18)6-4-12/h3-8,10-11H,9H2,1-2H3,(H,19,20,25). The van der Waals surface area contributed by atoms with Crippen molar-refractivity contribution < 1.29 is 14.5 Å². The zero-order valence-corrected chi connectivity index (χ0v) is 15.8. The molecule has 0 aliphatic rings. The summed E-state index contributed by atoms with van der Waals surface area (Å²) in [6.45, 7) is 2.08. The second-order valence-corrected chi connectivity index (χ2v) is 6.39. The van der Waals surface area contributed by atoms with E-state index in [1.165, 1.54) is 11.8 Å². The van der Waals surface area contributed by atoms with Crippen LogP contribution in [0.2, 0.25) is 5.02 Å². The van der Waals surface area contributed by atoms with Gasteiger partial charge in [0.25, 0.3) is 0 Å². The predicted octanol–water partition coefficient (Wildman–Crippen LogP) is 2.90. The molecule has 1 atom stereocenters. The molecule has 0 saturated carbocycles. The van der Waals surface area contributed by atoms with Crippen LogP contribution < -0.4 is 10.1 Å². The van der Waals surface area contributed by atoms with Crippen LogP contribution in [0.3, 0.4) is 0 Å². The molecule has 0 spiro atoms. The van der Waals surface area contributed by atoms with Crippen LogP contribution in [0.4, 0.5) is 11.5 Å². The van der Waals surface area contributed by atoms with Gasteiger partial charge < -0.3 is 10.1 Å². The van der Waals surface area contributed by atoms with E-state index < -0.39 is 16.9 Å². The largest absolute Gasteiger partial charge is 0.475 e. The number of anilines is 1. The molecule has 10 nitrogen and oxygen atoms in total. The second-order valence-electron chi connectivity index (χ2n) is 5.95. The maximum Gasteiger partial charge on any atom is 0.350 e. The third-order valence-corrected chi connectivity index (χ3v) is 4.25. The lowest BCUT2D eigenvalue weighted by Gasteiger charge is -2.10. The van der Waals surface area contributed by atoms with E-state index in [0.29, 0.717) is 17.4 Å². The number of nitro groups is 1. The molecule has 0 aliphatic carbocycles. The van der Waals surface area contributed by atoms with Crippen molar-refractivity contribution >= 4 is 29.0 Å². The monoisotopic (exact) mass is 404 g/mol. The molecule has 1 unspecified atom stereocenters. The van der Waals surface area contributed by atoms with Crippen molar-refractivity contribution in [1.82, 2.24) is 19.6 Å². The molecule has 1 N–H and O–H groups in total. The molecule has 11 heteroatoms. The first kappa shape index (κ1) is 19.4. The third kappa shape index (κ3) is 4.29. The number of benzene rings is 1. The van der Waals surface area contributed by atoms with Crippen LogP contribution in [-0.2, 0) is 11.3 Å². The first-order chi connectivity index (χ1) is 13.4. The van der Waals surface area contributed by atoms with Gasteiger partial charge in [-0.3, -0.25) is 19.6 Å². The molecule has 0 bridgehead atoms. The van der Waals surface area contributed by atoms with E-state index in [2.05, 4.69) is 15.5 Å². The molecule has 2 heterocycles. The van der Waals surface area contributed by atoms with Crippen molar-refractivity contribution in [2.75, 3.05) is 12.4 Å². The summed E-state index contributed by atoms with van der Waals surface area (Å²) in [5.41, 5.74) is 0.698. The molecule has 0 saturated heterocycles. The number of amides is 1. The van der Waals surface area contributed by atoms with Gasteiger partial charge in [0, 0.05) is 17.3 Å². The Morgan fingerprint density at radius 1 is 1.32 bits per heavy atom. The normalized spacial score (nSPS) is 11.8. The molecule has 0 radical (unpaired) electrons. The van der Waals surface area contributed by atoms with Crippen LogP contribution in [0.15, 0.2) is 42.7 Å². The van der Waals surface area contributed by atoms with Crippen LogP contribution in [0.25, 0.3) is 0 Å². The molecule has 2 aromatic heterocycles. The summed E-state index contributed by atoms with van der Waals surface area (Å²) in [4.78, 5) is 22.8. The summed E-state index contributed by atoms with van der Waals surface area (Å²) < 4.78 is 7.72. The first-order valence-electron chi connectivity index (χ1n) is 8.23. The summed E-state index contributed by atoms with van der Waals surface area (Å²) in [6.07, 6.45) is 2.89. The third-order valence-electron chi connectivity index (χ3n) is 4.00. The van der Waals surface area contributed by atoms with Gasteiger partial charge in [-0.1, -0.05) is 23.7 Å². The molecule has 28 heavy (non-hydrogen) atoms. The zero-order valence-electron chi connectivity index (χ0n) is 15.1. The van der Waals surface area contributed by atoms with Gasteiger partial charge in [-0.25, -0.2) is 4.68 Å². The fourth-order valence-corrected chi connectivity index (χ4v) is 2.60. The summed E-state index contributed by atoms with van der Waals surface area (Å²) in [6, 6.07) is 8.23. The van der Waals surface area contributed by atoms with Gasteiger partial charge in [-0.2, -0.15) is 5.10 Å². The maximum absolute atomic E-state index is 12.5. The van der Waals surface area contributed by atoms with Crippen LogP contribution in [-0.4, -0.2) is 37.5 Å². The van der Waals surface area contributed by atoms with Gasteiger partial charge in [-0.15, -0.1) is 5.10 Å². The van der Waals surface area contributed by atoms with Crippen LogP contribution in [0, 0.1) is 10.1 Å². The van der Waals surface area contributed by atoms with Gasteiger partial charge in [0.2, 0.25) is 5.91 Å². The van der Waals surface area contributed by atoms with Crippen molar-refractivity contribution in [3.8, 4) is 5.88 Å². The molecule has 146 valence electrons. The fourth-order valence-electron chi connectivity index (χ4n) is 2.48. The van der Waals surface area contributed by atoms with E-state index in [0.717, 1.165) is 11.8 Å². The number of methoxy groups -OCH3 is 1. The Kier molecular flexibility index (Phi) is 5.59. The average molecular weight is 405 g/mol. The Morgan fingerprint density at radius 3 is 2.64 bits per heavy atom. The number of rotatable bonds is 7. The van der Waals surface area contributed by atoms with Gasteiger partial charge in [0.05, 0.1) is 18.6 Å². The Hall–Kier alpha value is -3.40. The van der Waals surface area contributed by atoms with E-state index in [1.807, 2.05) is 12.1 Å². The lowest BCUT2D eigenvalue weighted by atomic mass is 10.2. The van der Waals surface area contributed by atoms with E-state index in [-0.39, 0.29) is 11.6 Å². The number of halogens is 1. The van der Waals surface area contributed by atoms with Crippen molar-refractivity contribution in [3.63, 3.8) is 0 Å². The summed E-state index contributed by atoms with van der Waals surface area (Å²) in [7, 11) is 1.28. The van der Waals surface area contributed by atoms with Crippen molar-refractivity contribution in [2.45, 2.75) is 19.5 Å². The van der Waals surface area contributed by atoms with Crippen LogP contribution in [0.5, 0.6) is 5.88 Å². The highest BCUT2D eigenvalue weighted by molar-refractivity contribution is 6.30. The SMILES string of the molecule is COc1nn(C(C)C(=O)Nc2ccn(Cc3ccc(Cl)cc3)n2)cc1[N+](=O)[O-]. The highest BCUT2D eigenvalue weighted by atomic mass is 35.5. The highest BCUT2D eigenvalue weighted by Gasteiger charge is 2.25. The summed E-state index contributed by atoms with van der Waals surface area (Å²) >= 11 is 5.87. The number of nitrogens with zero attached hydrogens (tertiary/aromatic N) is 5. The van der Waals surface area contributed by atoms with Crippen molar-refractivity contribution in [3.05, 3.63) is 63.4 Å². The van der Waals surface area contributed by atoms with Gasteiger partial charge in [0.1, 0.15) is 12.2 Å². The molecule has 0 fully saturated rings. The number of aromatic nitrogens is 4. The summed E-state index contributed by atoms with van der Waals surface area (Å²) in [5.74, 6) is -0.215. The minimum Gasteiger partial charge on any atom is -0.475 e. The number of nitrogens with one attached hydrogen (secondary N) is 1. The quantitative estimate of drug-likeness (QED) is 0.478. The number of ether oxygens (including phenoxy) is 1. The molecular weight excluding hydrogens is 388 g/mol. The Balaban J connectivity index is 1.67. The zero-order chi connectivity index (χ0) is 20.3. The predicted molar refractivity (Wildman–Crippen MR) is 102 cm³/mol. The molecule has 1 aromatic carbocycles. The first-order valence-corrected chi connectivity index (χ1v) is 8.61. The highest BCUT2D eigenvalue weighted by Crippen LogP contribution is 2.26. The van der Waals surface area contributed by atoms with E-state index in [4.69, 9.17) is 16.3 Å². The van der Waals surface area contributed by atoms with Gasteiger partial charge in [0.15, 0.2) is 5.82 Å². The van der Waals surface area contributed by atoms with E-state index >= 15 is 0 Å². The minimum atomic E-state index is -0.802. The van der Waals surface area contributed by atoms with E-state index in [1.54, 1.807) is 36.0 Å². The second kappa shape index (κ2) is 8.09. The Bertz CT molecular complexity index is 998. The van der Waals surface area contributed by atoms with Gasteiger partial charge in [-0.05, 0) is 24.6 Å². The Morgan fingerprint density at radius 2 is 2.04 bits per heavy atom.